The van der Waals surface area contributed by atoms with E-state index in [1.807, 2.05) is 48.0 Å². The van der Waals surface area contributed by atoms with Gasteiger partial charge < -0.3 is 0 Å². The Bertz CT molecular complexity index is 561. The number of nitrogens with zero attached hydrogens (tertiary/aromatic N) is 2. The Labute approximate surface area is 111 Å². The van der Waals surface area contributed by atoms with E-state index in [2.05, 4.69) is 11.7 Å². The van der Waals surface area contributed by atoms with Crippen molar-refractivity contribution < 1.29 is 4.79 Å². The molecular weight excluding hydrogens is 244 g/mol. The van der Waals surface area contributed by atoms with Crippen LogP contribution >= 0.6 is 11.8 Å². The Hall–Kier alpha value is -1.81. The number of aryl methyl sites for hydroxylation is 1. The fourth-order valence-corrected chi connectivity index (χ4v) is 2.57. The molecule has 0 unspecified atom stereocenters. The predicted octanol–water partition coefficient (Wildman–Crippen LogP) is 3.27. The van der Waals surface area contributed by atoms with Crippen molar-refractivity contribution in [3.8, 4) is 5.69 Å². The molecular formula is C14H14N2OS. The summed E-state index contributed by atoms with van der Waals surface area (Å²) >= 11 is 1.57. The van der Waals surface area contributed by atoms with E-state index < -0.39 is 0 Å². The van der Waals surface area contributed by atoms with Crippen LogP contribution in [0.15, 0.2) is 48.0 Å². The molecule has 2 rings (SSSR count). The Morgan fingerprint density at radius 1 is 1.39 bits per heavy atom. The van der Waals surface area contributed by atoms with Crippen molar-refractivity contribution in [2.75, 3.05) is 5.75 Å². The van der Waals surface area contributed by atoms with Gasteiger partial charge in [-0.1, -0.05) is 24.3 Å². The maximum Gasteiger partial charge on any atom is 0.154 e. The van der Waals surface area contributed by atoms with E-state index in [4.69, 9.17) is 0 Å². The Balaban J connectivity index is 2.52. The first-order chi connectivity index (χ1) is 8.77. The van der Waals surface area contributed by atoms with E-state index in [-0.39, 0.29) is 0 Å². The highest BCUT2D eigenvalue weighted by Gasteiger charge is 2.15. The smallest absolute Gasteiger partial charge is 0.154 e. The maximum absolute atomic E-state index is 11.2. The van der Waals surface area contributed by atoms with Gasteiger partial charge in [0.2, 0.25) is 0 Å². The minimum absolute atomic E-state index is 0.658. The highest BCUT2D eigenvalue weighted by Crippen LogP contribution is 2.27. The van der Waals surface area contributed by atoms with Crippen LogP contribution in [0.1, 0.15) is 16.1 Å². The van der Waals surface area contributed by atoms with E-state index in [0.717, 1.165) is 28.4 Å². The summed E-state index contributed by atoms with van der Waals surface area (Å²) in [5, 5.41) is 5.30. The SMILES string of the molecule is C=CCSc1c(C=O)c(C)nn1-c1ccccc1. The molecule has 0 spiro atoms. The first kappa shape index (κ1) is 12.6. The lowest BCUT2D eigenvalue weighted by Gasteiger charge is -2.06. The number of carbonyl (C=O) groups excluding carboxylic acids is 1. The quantitative estimate of drug-likeness (QED) is 0.469. The molecule has 0 aliphatic heterocycles. The van der Waals surface area contributed by atoms with Gasteiger partial charge in [0.15, 0.2) is 6.29 Å². The molecule has 0 aliphatic carbocycles. The van der Waals surface area contributed by atoms with Gasteiger partial charge in [-0.3, -0.25) is 4.79 Å². The average molecular weight is 258 g/mol. The van der Waals surface area contributed by atoms with E-state index in [1.54, 1.807) is 11.8 Å². The number of rotatable bonds is 5. The second-order valence-corrected chi connectivity index (χ2v) is 4.78. The summed E-state index contributed by atoms with van der Waals surface area (Å²) in [6.07, 6.45) is 2.68. The molecule has 3 nitrogen and oxygen atoms in total. The molecule has 0 radical (unpaired) electrons. The van der Waals surface area contributed by atoms with E-state index in [9.17, 15) is 4.79 Å². The fourth-order valence-electron chi connectivity index (χ4n) is 1.67. The van der Waals surface area contributed by atoms with Gasteiger partial charge in [-0.2, -0.15) is 5.10 Å². The molecule has 0 saturated heterocycles. The molecule has 1 heterocycles. The van der Waals surface area contributed by atoms with Gasteiger partial charge in [-0.05, 0) is 19.1 Å². The van der Waals surface area contributed by atoms with Gasteiger partial charge in [-0.25, -0.2) is 4.68 Å². The lowest BCUT2D eigenvalue weighted by molar-refractivity contribution is 0.112. The van der Waals surface area contributed by atoms with Gasteiger partial charge in [0.1, 0.15) is 5.03 Å². The maximum atomic E-state index is 11.2. The highest BCUT2D eigenvalue weighted by molar-refractivity contribution is 7.99. The molecule has 0 aliphatic rings. The number of aldehydes is 1. The number of hydrogen-bond donors (Lipinski definition) is 0. The van der Waals surface area contributed by atoms with Crippen molar-refractivity contribution in [3.05, 3.63) is 54.2 Å². The molecule has 92 valence electrons. The zero-order valence-corrected chi connectivity index (χ0v) is 11.0. The van der Waals surface area contributed by atoms with Gasteiger partial charge in [0.25, 0.3) is 0 Å². The van der Waals surface area contributed by atoms with Crippen LogP contribution in [-0.2, 0) is 0 Å². The van der Waals surface area contributed by atoms with Crippen LogP contribution in [0.25, 0.3) is 5.69 Å². The molecule has 0 fully saturated rings. The van der Waals surface area contributed by atoms with Gasteiger partial charge in [0.05, 0.1) is 16.9 Å². The molecule has 0 N–H and O–H groups in total. The third kappa shape index (κ3) is 2.38. The van der Waals surface area contributed by atoms with E-state index in [0.29, 0.717) is 5.56 Å². The molecule has 0 amide bonds. The topological polar surface area (TPSA) is 34.9 Å². The van der Waals surface area contributed by atoms with E-state index >= 15 is 0 Å². The van der Waals surface area contributed by atoms with Crippen molar-refractivity contribution in [3.63, 3.8) is 0 Å². The highest BCUT2D eigenvalue weighted by atomic mass is 32.2. The predicted molar refractivity (Wildman–Crippen MR) is 74.6 cm³/mol. The molecule has 0 atom stereocenters. The summed E-state index contributed by atoms with van der Waals surface area (Å²) in [7, 11) is 0. The van der Waals surface area contributed by atoms with Crippen molar-refractivity contribution in [2.24, 2.45) is 0 Å². The van der Waals surface area contributed by atoms with Crippen molar-refractivity contribution in [1.29, 1.82) is 0 Å². The van der Waals surface area contributed by atoms with Crippen LogP contribution in [0, 0.1) is 6.92 Å². The summed E-state index contributed by atoms with van der Waals surface area (Å²) in [6, 6.07) is 9.80. The number of carbonyl (C=O) groups is 1. The molecule has 4 heteroatoms. The Kier molecular flexibility index (Phi) is 3.99. The lowest BCUT2D eigenvalue weighted by Crippen LogP contribution is -1.98. The zero-order chi connectivity index (χ0) is 13.0. The van der Waals surface area contributed by atoms with Crippen LogP contribution in [0.4, 0.5) is 0 Å². The number of aromatic nitrogens is 2. The minimum Gasteiger partial charge on any atom is -0.298 e. The Morgan fingerprint density at radius 2 is 2.11 bits per heavy atom. The monoisotopic (exact) mass is 258 g/mol. The largest absolute Gasteiger partial charge is 0.298 e. The number of benzene rings is 1. The first-order valence-corrected chi connectivity index (χ1v) is 6.60. The van der Waals surface area contributed by atoms with E-state index in [1.165, 1.54) is 0 Å². The minimum atomic E-state index is 0.658. The normalized spacial score (nSPS) is 10.3. The fraction of sp³-hybridized carbons (Fsp3) is 0.143. The molecule has 2 aromatic rings. The zero-order valence-electron chi connectivity index (χ0n) is 10.2. The van der Waals surface area contributed by atoms with Crippen LogP contribution in [-0.4, -0.2) is 21.8 Å². The van der Waals surface area contributed by atoms with Gasteiger partial charge >= 0.3 is 0 Å². The standard InChI is InChI=1S/C14H14N2OS/c1-3-9-18-14-13(10-17)11(2)15-16(14)12-7-5-4-6-8-12/h3-8,10H,1,9H2,2H3. The summed E-state index contributed by atoms with van der Waals surface area (Å²) in [5.74, 6) is 0.749. The van der Waals surface area contributed by atoms with Gasteiger partial charge in [-0.15, -0.1) is 18.3 Å². The number of para-hydroxylation sites is 1. The van der Waals surface area contributed by atoms with Crippen molar-refractivity contribution >= 4 is 18.0 Å². The second-order valence-electron chi connectivity index (χ2n) is 3.77. The first-order valence-electron chi connectivity index (χ1n) is 5.62. The van der Waals surface area contributed by atoms with Crippen LogP contribution in [0.5, 0.6) is 0 Å². The molecule has 1 aromatic heterocycles. The number of thioether (sulfide) groups is 1. The Morgan fingerprint density at radius 3 is 2.72 bits per heavy atom. The molecule has 1 aromatic carbocycles. The molecule has 0 saturated carbocycles. The van der Waals surface area contributed by atoms with Gasteiger partial charge in [0, 0.05) is 5.75 Å². The third-order valence-electron chi connectivity index (χ3n) is 2.52. The molecule has 0 bridgehead atoms. The third-order valence-corrected chi connectivity index (χ3v) is 3.59. The lowest BCUT2D eigenvalue weighted by atomic mass is 10.3. The van der Waals surface area contributed by atoms with Crippen molar-refractivity contribution in [2.45, 2.75) is 11.9 Å². The summed E-state index contributed by atoms with van der Waals surface area (Å²) in [5.41, 5.74) is 2.37. The average Bonchev–Trinajstić information content (AvgIpc) is 2.73. The molecule has 18 heavy (non-hydrogen) atoms. The van der Waals surface area contributed by atoms with Crippen LogP contribution in [0.2, 0.25) is 0 Å². The number of hydrogen-bond acceptors (Lipinski definition) is 3. The summed E-state index contributed by atoms with van der Waals surface area (Å²) in [4.78, 5) is 11.2. The van der Waals surface area contributed by atoms with Crippen LogP contribution < -0.4 is 0 Å². The van der Waals surface area contributed by atoms with Crippen LogP contribution in [0.3, 0.4) is 0 Å². The second kappa shape index (κ2) is 5.69. The van der Waals surface area contributed by atoms with Crippen molar-refractivity contribution in [1.82, 2.24) is 9.78 Å². The summed E-state index contributed by atoms with van der Waals surface area (Å²) < 4.78 is 1.81. The summed E-state index contributed by atoms with van der Waals surface area (Å²) in [6.45, 7) is 5.55.